The monoisotopic (exact) mass is 546 g/mol. The van der Waals surface area contributed by atoms with E-state index in [1.165, 1.54) is 26.6 Å². The van der Waals surface area contributed by atoms with Crippen molar-refractivity contribution in [2.24, 2.45) is 0 Å². The Bertz CT molecular complexity index is 1600. The first kappa shape index (κ1) is 25.2. The summed E-state index contributed by atoms with van der Waals surface area (Å²) in [6.07, 6.45) is 4.04. The van der Waals surface area contributed by atoms with Crippen molar-refractivity contribution in [2.75, 3.05) is 11.9 Å². The maximum atomic E-state index is 13.6. The van der Waals surface area contributed by atoms with E-state index in [4.69, 9.17) is 28.8 Å². The molecule has 5 rings (SSSR count). The number of nitrogens with zero attached hydrogens (tertiary/aromatic N) is 3. The Labute approximate surface area is 229 Å². The normalized spacial score (nSPS) is 14.6. The smallest absolute Gasteiger partial charge is 0.267 e. The van der Waals surface area contributed by atoms with Crippen LogP contribution in [0.3, 0.4) is 0 Å². The lowest BCUT2D eigenvalue weighted by atomic mass is 10.1. The lowest BCUT2D eigenvalue weighted by molar-refractivity contribution is -0.122. The SMILES string of the molecule is Cc1cccn2c(=O)c(/C=C3/SC(=S)N(Cc4ccccc4Cl)C3=O)c(NCCc3ccccc3)nc12. The van der Waals surface area contributed by atoms with Gasteiger partial charge in [0.15, 0.2) is 0 Å². The fourth-order valence-electron chi connectivity index (χ4n) is 4.11. The minimum atomic E-state index is -0.265. The molecular weight excluding hydrogens is 524 g/mol. The molecule has 37 heavy (non-hydrogen) atoms. The van der Waals surface area contributed by atoms with Crippen LogP contribution < -0.4 is 10.9 Å². The van der Waals surface area contributed by atoms with Crippen molar-refractivity contribution >= 4 is 63.3 Å². The lowest BCUT2D eigenvalue weighted by Gasteiger charge is -2.15. The molecule has 186 valence electrons. The molecule has 1 amide bonds. The third-order valence-electron chi connectivity index (χ3n) is 6.07. The summed E-state index contributed by atoms with van der Waals surface area (Å²) in [6, 6.07) is 21.1. The Morgan fingerprint density at radius 1 is 1.05 bits per heavy atom. The number of thioether (sulfide) groups is 1. The number of halogens is 1. The minimum Gasteiger partial charge on any atom is -0.369 e. The summed E-state index contributed by atoms with van der Waals surface area (Å²) >= 11 is 13.0. The molecule has 2 aromatic carbocycles. The fourth-order valence-corrected chi connectivity index (χ4v) is 5.54. The van der Waals surface area contributed by atoms with Crippen molar-refractivity contribution in [3.63, 3.8) is 0 Å². The molecule has 1 aliphatic rings. The van der Waals surface area contributed by atoms with E-state index in [0.717, 1.165) is 17.5 Å². The molecule has 0 radical (unpaired) electrons. The number of anilines is 1. The minimum absolute atomic E-state index is 0.257. The van der Waals surface area contributed by atoms with Crippen molar-refractivity contribution in [3.8, 4) is 0 Å². The first-order valence-electron chi connectivity index (χ1n) is 11.7. The first-order chi connectivity index (χ1) is 17.9. The van der Waals surface area contributed by atoms with E-state index >= 15 is 0 Å². The number of pyridine rings is 1. The molecule has 4 aromatic rings. The van der Waals surface area contributed by atoms with Crippen LogP contribution in [-0.4, -0.2) is 31.1 Å². The Balaban J connectivity index is 1.50. The second-order valence-corrected chi connectivity index (χ2v) is 10.7. The number of aryl methyl sites for hydroxylation is 1. The summed E-state index contributed by atoms with van der Waals surface area (Å²) in [5.41, 5.74) is 3.47. The molecule has 0 spiro atoms. The maximum Gasteiger partial charge on any atom is 0.267 e. The number of amides is 1. The third kappa shape index (κ3) is 5.32. The zero-order chi connectivity index (χ0) is 25.9. The van der Waals surface area contributed by atoms with Gasteiger partial charge in [0.1, 0.15) is 15.8 Å². The molecule has 1 aliphatic heterocycles. The van der Waals surface area contributed by atoms with Gasteiger partial charge in [0.2, 0.25) is 0 Å². The molecule has 3 heterocycles. The number of aromatic nitrogens is 2. The zero-order valence-corrected chi connectivity index (χ0v) is 22.4. The average molecular weight is 547 g/mol. The van der Waals surface area contributed by atoms with Crippen LogP contribution >= 0.6 is 35.6 Å². The second-order valence-electron chi connectivity index (χ2n) is 8.59. The van der Waals surface area contributed by atoms with Crippen molar-refractivity contribution < 1.29 is 4.79 Å². The van der Waals surface area contributed by atoms with Crippen molar-refractivity contribution in [1.82, 2.24) is 14.3 Å². The van der Waals surface area contributed by atoms with Crippen molar-refractivity contribution in [2.45, 2.75) is 19.9 Å². The summed E-state index contributed by atoms with van der Waals surface area (Å²) in [7, 11) is 0. The van der Waals surface area contributed by atoms with Gasteiger partial charge in [-0.25, -0.2) is 4.98 Å². The van der Waals surface area contributed by atoms with Crippen LogP contribution in [0.1, 0.15) is 22.3 Å². The molecule has 1 fully saturated rings. The molecule has 1 N–H and O–H groups in total. The Kier molecular flexibility index (Phi) is 7.41. The van der Waals surface area contributed by atoms with Crippen LogP contribution in [0.5, 0.6) is 0 Å². The quantitative estimate of drug-likeness (QED) is 0.236. The van der Waals surface area contributed by atoms with Gasteiger partial charge in [-0.1, -0.05) is 90.2 Å². The fraction of sp³-hybridized carbons (Fsp3) is 0.143. The van der Waals surface area contributed by atoms with Crippen molar-refractivity contribution in [3.05, 3.63) is 115 Å². The van der Waals surface area contributed by atoms with Crippen molar-refractivity contribution in [1.29, 1.82) is 0 Å². The number of hydrogen-bond donors (Lipinski definition) is 1. The summed E-state index contributed by atoms with van der Waals surface area (Å²) in [5.74, 6) is 0.172. The van der Waals surface area contributed by atoms with E-state index in [2.05, 4.69) is 17.4 Å². The van der Waals surface area contributed by atoms with Crippen LogP contribution in [0.15, 0.2) is 82.6 Å². The average Bonchev–Trinajstić information content (AvgIpc) is 3.16. The van der Waals surface area contributed by atoms with Gasteiger partial charge in [-0.15, -0.1) is 0 Å². The molecule has 0 unspecified atom stereocenters. The highest BCUT2D eigenvalue weighted by atomic mass is 35.5. The van der Waals surface area contributed by atoms with E-state index in [1.807, 2.05) is 49.4 Å². The Morgan fingerprint density at radius 2 is 1.81 bits per heavy atom. The van der Waals surface area contributed by atoms with Gasteiger partial charge in [-0.3, -0.25) is 18.9 Å². The zero-order valence-electron chi connectivity index (χ0n) is 20.0. The molecule has 9 heteroatoms. The number of nitrogens with one attached hydrogen (secondary N) is 1. The Hall–Kier alpha value is -3.46. The van der Waals surface area contributed by atoms with Gasteiger partial charge in [0.25, 0.3) is 11.5 Å². The summed E-state index contributed by atoms with van der Waals surface area (Å²) < 4.78 is 1.92. The van der Waals surface area contributed by atoms with E-state index in [-0.39, 0.29) is 18.0 Å². The van der Waals surface area contributed by atoms with Crippen LogP contribution in [0.4, 0.5) is 5.82 Å². The highest BCUT2D eigenvalue weighted by Crippen LogP contribution is 2.35. The molecule has 0 bridgehead atoms. The maximum absolute atomic E-state index is 13.6. The van der Waals surface area contributed by atoms with E-state index in [9.17, 15) is 9.59 Å². The van der Waals surface area contributed by atoms with Crippen LogP contribution in [-0.2, 0) is 17.8 Å². The second kappa shape index (κ2) is 10.9. The number of carbonyl (C=O) groups is 1. The predicted molar refractivity (Wildman–Crippen MR) is 155 cm³/mol. The molecular formula is C28H23ClN4O2S2. The van der Waals surface area contributed by atoms with E-state index in [0.29, 0.717) is 37.8 Å². The number of fused-ring (bicyclic) bond motifs is 1. The van der Waals surface area contributed by atoms with Crippen LogP contribution in [0.2, 0.25) is 5.02 Å². The third-order valence-corrected chi connectivity index (χ3v) is 7.82. The summed E-state index contributed by atoms with van der Waals surface area (Å²) in [6.45, 7) is 2.75. The molecule has 6 nitrogen and oxygen atoms in total. The van der Waals surface area contributed by atoms with E-state index < -0.39 is 0 Å². The predicted octanol–water partition coefficient (Wildman–Crippen LogP) is 5.71. The summed E-state index contributed by atoms with van der Waals surface area (Å²) in [5, 5.41) is 3.89. The molecule has 0 aliphatic carbocycles. The number of rotatable bonds is 7. The molecule has 1 saturated heterocycles. The van der Waals surface area contributed by atoms with Gasteiger partial charge in [-0.05, 0) is 48.2 Å². The van der Waals surface area contributed by atoms with Gasteiger partial charge in [0, 0.05) is 17.8 Å². The molecule has 0 atom stereocenters. The van der Waals surface area contributed by atoms with Gasteiger partial charge < -0.3 is 5.32 Å². The topological polar surface area (TPSA) is 66.7 Å². The van der Waals surface area contributed by atoms with Gasteiger partial charge in [0.05, 0.1) is 17.0 Å². The first-order valence-corrected chi connectivity index (χ1v) is 13.3. The molecule has 2 aromatic heterocycles. The number of benzene rings is 2. The largest absolute Gasteiger partial charge is 0.369 e. The van der Waals surface area contributed by atoms with Crippen LogP contribution in [0, 0.1) is 6.92 Å². The Morgan fingerprint density at radius 3 is 2.59 bits per heavy atom. The van der Waals surface area contributed by atoms with Gasteiger partial charge >= 0.3 is 0 Å². The summed E-state index contributed by atoms with van der Waals surface area (Å²) in [4.78, 5) is 33.6. The number of carbonyl (C=O) groups excluding carboxylic acids is 1. The highest BCUT2D eigenvalue weighted by Gasteiger charge is 2.33. The number of hydrogen-bond acceptors (Lipinski definition) is 6. The molecule has 0 saturated carbocycles. The van der Waals surface area contributed by atoms with Gasteiger partial charge in [-0.2, -0.15) is 0 Å². The number of thiocarbonyl (C=S) groups is 1. The standard InChI is InChI=1S/C28H23ClN4O2S2/c1-18-8-7-15-32-25(18)31-24(30-14-13-19-9-3-2-4-10-19)21(26(32)34)16-23-27(35)33(28(36)37-23)17-20-11-5-6-12-22(20)29/h2-12,15-16,30H,13-14,17H2,1H3/b23-16+. The van der Waals surface area contributed by atoms with E-state index in [1.54, 1.807) is 24.4 Å². The highest BCUT2D eigenvalue weighted by molar-refractivity contribution is 8.26. The lowest BCUT2D eigenvalue weighted by Crippen LogP contribution is -2.27. The van der Waals surface area contributed by atoms with Crippen LogP contribution in [0.25, 0.3) is 11.7 Å².